The molecule has 1 amide bonds. The summed E-state index contributed by atoms with van der Waals surface area (Å²) < 4.78 is 30.0. The second kappa shape index (κ2) is 4.30. The van der Waals surface area contributed by atoms with Crippen LogP contribution in [0.3, 0.4) is 0 Å². The summed E-state index contributed by atoms with van der Waals surface area (Å²) in [4.78, 5) is 11.3. The van der Waals surface area contributed by atoms with Gasteiger partial charge in [0.2, 0.25) is 10.0 Å². The third-order valence-corrected chi connectivity index (χ3v) is 5.12. The number of carbonyl (C=O) groups excluding carboxylic acids is 1. The summed E-state index contributed by atoms with van der Waals surface area (Å²) in [6.07, 6.45) is 0. The maximum atomic E-state index is 12.2. The predicted octanol–water partition coefficient (Wildman–Crippen LogP) is 0.646. The molecule has 1 heterocycles. The van der Waals surface area contributed by atoms with Crippen molar-refractivity contribution < 1.29 is 13.2 Å². The van der Waals surface area contributed by atoms with Crippen LogP contribution >= 0.6 is 11.5 Å². The van der Waals surface area contributed by atoms with Gasteiger partial charge in [-0.25, -0.2) is 12.7 Å². The first-order chi connectivity index (χ1) is 8.35. The van der Waals surface area contributed by atoms with Crippen LogP contribution in [0.5, 0.6) is 0 Å². The Morgan fingerprint density at radius 1 is 1.39 bits per heavy atom. The minimum absolute atomic E-state index is 0.00368. The first-order valence-electron chi connectivity index (χ1n) is 4.96. The molecule has 1 aromatic heterocycles. The van der Waals surface area contributed by atoms with E-state index in [0.29, 0.717) is 10.1 Å². The van der Waals surface area contributed by atoms with E-state index < -0.39 is 15.9 Å². The number of hydrogen-bond acceptors (Lipinski definition) is 5. The summed E-state index contributed by atoms with van der Waals surface area (Å²) in [5, 5.41) is 0.295. The Balaban J connectivity index is 2.88. The lowest BCUT2D eigenvalue weighted by Crippen LogP contribution is -2.23. The SMILES string of the molecule is CN(C)S(=O)(=O)c1cccc2snc(C(N)=O)c12. The molecular weight excluding hydrogens is 274 g/mol. The minimum atomic E-state index is -3.64. The Morgan fingerprint density at radius 3 is 2.61 bits per heavy atom. The van der Waals surface area contributed by atoms with Crippen molar-refractivity contribution in [1.29, 1.82) is 0 Å². The fraction of sp³-hybridized carbons (Fsp3) is 0.200. The van der Waals surface area contributed by atoms with Crippen molar-refractivity contribution in [2.75, 3.05) is 14.1 Å². The highest BCUT2D eigenvalue weighted by atomic mass is 32.2. The van der Waals surface area contributed by atoms with Crippen LogP contribution < -0.4 is 5.73 Å². The number of rotatable bonds is 3. The van der Waals surface area contributed by atoms with E-state index in [0.717, 1.165) is 15.8 Å². The number of fused-ring (bicyclic) bond motifs is 1. The Labute approximate surface area is 108 Å². The van der Waals surface area contributed by atoms with E-state index in [4.69, 9.17) is 5.73 Å². The van der Waals surface area contributed by atoms with E-state index in [1.807, 2.05) is 0 Å². The number of primary amides is 1. The smallest absolute Gasteiger partial charge is 0.269 e. The Hall–Kier alpha value is -1.51. The van der Waals surface area contributed by atoms with Gasteiger partial charge >= 0.3 is 0 Å². The highest BCUT2D eigenvalue weighted by Gasteiger charge is 2.24. The molecule has 0 radical (unpaired) electrons. The fourth-order valence-electron chi connectivity index (χ4n) is 1.54. The van der Waals surface area contributed by atoms with Crippen molar-refractivity contribution in [3.8, 4) is 0 Å². The van der Waals surface area contributed by atoms with Crippen molar-refractivity contribution in [2.45, 2.75) is 4.90 Å². The third-order valence-electron chi connectivity index (χ3n) is 2.45. The fourth-order valence-corrected chi connectivity index (χ4v) is 3.52. The van der Waals surface area contributed by atoms with E-state index >= 15 is 0 Å². The zero-order chi connectivity index (χ0) is 13.5. The number of aromatic nitrogens is 1. The molecule has 2 rings (SSSR count). The zero-order valence-corrected chi connectivity index (χ0v) is 11.4. The van der Waals surface area contributed by atoms with Crippen molar-refractivity contribution in [1.82, 2.24) is 8.68 Å². The quantitative estimate of drug-likeness (QED) is 0.895. The number of benzene rings is 1. The van der Waals surface area contributed by atoms with Gasteiger partial charge in [0.05, 0.1) is 9.60 Å². The summed E-state index contributed by atoms with van der Waals surface area (Å²) in [6, 6.07) is 4.76. The first kappa shape index (κ1) is 12.9. The zero-order valence-electron chi connectivity index (χ0n) is 9.75. The maximum Gasteiger partial charge on any atom is 0.269 e. The monoisotopic (exact) mass is 285 g/mol. The number of sulfonamides is 1. The van der Waals surface area contributed by atoms with Gasteiger partial charge in [-0.15, -0.1) is 0 Å². The summed E-state index contributed by atoms with van der Waals surface area (Å²) in [7, 11) is -0.780. The topological polar surface area (TPSA) is 93.4 Å². The molecule has 0 bridgehead atoms. The van der Waals surface area contributed by atoms with E-state index in [1.165, 1.54) is 20.2 Å². The van der Waals surface area contributed by atoms with Crippen LogP contribution in [0.4, 0.5) is 0 Å². The van der Waals surface area contributed by atoms with Gasteiger partial charge in [0.15, 0.2) is 5.69 Å². The van der Waals surface area contributed by atoms with Gasteiger partial charge in [-0.2, -0.15) is 4.37 Å². The average molecular weight is 285 g/mol. The van der Waals surface area contributed by atoms with Gasteiger partial charge in [0.1, 0.15) is 0 Å². The van der Waals surface area contributed by atoms with Crippen molar-refractivity contribution in [3.05, 3.63) is 23.9 Å². The maximum absolute atomic E-state index is 12.2. The van der Waals surface area contributed by atoms with Crippen LogP contribution in [0, 0.1) is 0 Å². The van der Waals surface area contributed by atoms with E-state index in [-0.39, 0.29) is 10.6 Å². The molecule has 0 aliphatic carbocycles. The summed E-state index contributed by atoms with van der Waals surface area (Å²) in [5.74, 6) is -0.734. The predicted molar refractivity (Wildman–Crippen MR) is 69.0 cm³/mol. The molecule has 6 nitrogen and oxygen atoms in total. The molecule has 96 valence electrons. The lowest BCUT2D eigenvalue weighted by Gasteiger charge is -2.12. The molecule has 8 heteroatoms. The lowest BCUT2D eigenvalue weighted by molar-refractivity contribution is 0.0998. The molecule has 0 aliphatic heterocycles. The first-order valence-corrected chi connectivity index (χ1v) is 7.18. The molecular formula is C10H11N3O3S2. The molecule has 0 fully saturated rings. The van der Waals surface area contributed by atoms with Crippen LogP contribution in [-0.2, 0) is 10.0 Å². The minimum Gasteiger partial charge on any atom is -0.364 e. The second-order valence-electron chi connectivity index (χ2n) is 3.81. The molecule has 1 aromatic carbocycles. The summed E-state index contributed by atoms with van der Waals surface area (Å²) >= 11 is 1.05. The summed E-state index contributed by atoms with van der Waals surface area (Å²) in [6.45, 7) is 0. The summed E-state index contributed by atoms with van der Waals surface area (Å²) in [5.41, 5.74) is 5.21. The largest absolute Gasteiger partial charge is 0.364 e. The molecule has 2 N–H and O–H groups in total. The van der Waals surface area contributed by atoms with E-state index in [9.17, 15) is 13.2 Å². The Morgan fingerprint density at radius 2 is 2.06 bits per heavy atom. The van der Waals surface area contributed by atoms with Crippen LogP contribution in [0.25, 0.3) is 10.1 Å². The molecule has 0 unspecified atom stereocenters. The van der Waals surface area contributed by atoms with Crippen molar-refractivity contribution >= 4 is 37.5 Å². The molecule has 0 saturated heterocycles. The van der Waals surface area contributed by atoms with Gasteiger partial charge in [-0.05, 0) is 23.7 Å². The molecule has 0 atom stereocenters. The third kappa shape index (κ3) is 1.88. The molecule has 0 aliphatic rings. The van der Waals surface area contributed by atoms with Gasteiger partial charge in [-0.3, -0.25) is 4.79 Å². The number of nitrogens with two attached hydrogens (primary N) is 1. The number of amides is 1. The van der Waals surface area contributed by atoms with Crippen molar-refractivity contribution in [2.24, 2.45) is 5.73 Å². The van der Waals surface area contributed by atoms with Gasteiger partial charge in [-0.1, -0.05) is 6.07 Å². The van der Waals surface area contributed by atoms with Crippen molar-refractivity contribution in [3.63, 3.8) is 0 Å². The molecule has 2 aromatic rings. The second-order valence-corrected chi connectivity index (χ2v) is 6.74. The van der Waals surface area contributed by atoms with E-state index in [2.05, 4.69) is 4.37 Å². The van der Waals surface area contributed by atoms with Gasteiger partial charge in [0.25, 0.3) is 5.91 Å². The molecule has 0 saturated carbocycles. The Kier molecular flexibility index (Phi) is 3.09. The normalized spacial score (nSPS) is 12.2. The molecule has 18 heavy (non-hydrogen) atoms. The van der Waals surface area contributed by atoms with Gasteiger partial charge < -0.3 is 5.73 Å². The van der Waals surface area contributed by atoms with Crippen LogP contribution in [0.2, 0.25) is 0 Å². The van der Waals surface area contributed by atoms with Crippen LogP contribution in [0.15, 0.2) is 23.1 Å². The number of hydrogen-bond donors (Lipinski definition) is 1. The van der Waals surface area contributed by atoms with Crippen LogP contribution in [0.1, 0.15) is 10.5 Å². The average Bonchev–Trinajstić information content (AvgIpc) is 2.71. The number of nitrogens with zero attached hydrogens (tertiary/aromatic N) is 2. The Bertz CT molecular complexity index is 719. The standard InChI is InChI=1S/C10H11N3O3S2/c1-13(2)18(15,16)7-5-3-4-6-8(7)9(10(11)14)12-17-6/h3-5H,1-2H3,(H2,11,14). The number of carbonyl (C=O) groups is 1. The van der Waals surface area contributed by atoms with E-state index in [1.54, 1.807) is 12.1 Å². The highest BCUT2D eigenvalue weighted by Crippen LogP contribution is 2.30. The lowest BCUT2D eigenvalue weighted by atomic mass is 10.2. The highest BCUT2D eigenvalue weighted by molar-refractivity contribution is 7.89. The van der Waals surface area contributed by atoms with Crippen LogP contribution in [-0.4, -0.2) is 37.1 Å². The van der Waals surface area contributed by atoms with Gasteiger partial charge in [0, 0.05) is 19.5 Å². The molecule has 0 spiro atoms.